The molecule has 0 fully saturated rings. The zero-order valence-electron chi connectivity index (χ0n) is 16.2. The number of hydrogen-bond donors (Lipinski definition) is 1. The summed E-state index contributed by atoms with van der Waals surface area (Å²) in [6, 6.07) is 17.2. The Bertz CT molecular complexity index is 958. The Labute approximate surface area is 173 Å². The van der Waals surface area contributed by atoms with E-state index in [-0.39, 0.29) is 11.3 Å². The lowest BCUT2D eigenvalue weighted by Gasteiger charge is -2.13. The quantitative estimate of drug-likeness (QED) is 0.442. The van der Waals surface area contributed by atoms with Gasteiger partial charge < -0.3 is 24.1 Å². The van der Waals surface area contributed by atoms with Crippen LogP contribution in [0.25, 0.3) is 0 Å². The zero-order valence-corrected chi connectivity index (χ0v) is 17.0. The SMILES string of the molecule is COc1cc(C(=O)Oc2ccc(Sc3ccc(O)cc3)cc2)cc(OC)c1OC. The molecule has 0 spiro atoms. The van der Waals surface area contributed by atoms with Crippen molar-refractivity contribution in [3.63, 3.8) is 0 Å². The minimum absolute atomic E-state index is 0.225. The summed E-state index contributed by atoms with van der Waals surface area (Å²) in [5.41, 5.74) is 0.280. The minimum atomic E-state index is -0.539. The Kier molecular flexibility index (Phi) is 6.51. The predicted molar refractivity (Wildman–Crippen MR) is 110 cm³/mol. The molecule has 0 aliphatic carbocycles. The van der Waals surface area contributed by atoms with Gasteiger partial charge in [0.1, 0.15) is 11.5 Å². The molecule has 0 aliphatic heterocycles. The first-order chi connectivity index (χ1) is 14.0. The third-order valence-electron chi connectivity index (χ3n) is 4.01. The van der Waals surface area contributed by atoms with Gasteiger partial charge in [0.15, 0.2) is 11.5 Å². The number of phenols is 1. The molecule has 0 aromatic heterocycles. The summed E-state index contributed by atoms with van der Waals surface area (Å²) in [4.78, 5) is 14.5. The van der Waals surface area contributed by atoms with Crippen molar-refractivity contribution < 1.29 is 28.8 Å². The van der Waals surface area contributed by atoms with Crippen molar-refractivity contribution in [2.45, 2.75) is 9.79 Å². The van der Waals surface area contributed by atoms with Gasteiger partial charge in [-0.25, -0.2) is 4.79 Å². The Morgan fingerprint density at radius 1 is 0.793 bits per heavy atom. The van der Waals surface area contributed by atoms with Crippen LogP contribution in [0.5, 0.6) is 28.7 Å². The third-order valence-corrected chi connectivity index (χ3v) is 5.02. The number of esters is 1. The van der Waals surface area contributed by atoms with E-state index in [0.717, 1.165) is 9.79 Å². The summed E-state index contributed by atoms with van der Waals surface area (Å²) in [7, 11) is 4.46. The fraction of sp³-hybridized carbons (Fsp3) is 0.136. The van der Waals surface area contributed by atoms with E-state index in [9.17, 15) is 9.90 Å². The average molecular weight is 412 g/mol. The van der Waals surface area contributed by atoms with Gasteiger partial charge in [-0.15, -0.1) is 0 Å². The van der Waals surface area contributed by atoms with Crippen molar-refractivity contribution in [2.75, 3.05) is 21.3 Å². The molecule has 0 heterocycles. The topological polar surface area (TPSA) is 74.2 Å². The van der Waals surface area contributed by atoms with E-state index < -0.39 is 5.97 Å². The number of rotatable bonds is 7. The second-order valence-corrected chi connectivity index (χ2v) is 7.02. The Morgan fingerprint density at radius 3 is 1.79 bits per heavy atom. The number of carbonyl (C=O) groups excluding carboxylic acids is 1. The van der Waals surface area contributed by atoms with E-state index in [1.54, 1.807) is 36.4 Å². The van der Waals surface area contributed by atoms with Gasteiger partial charge in [0.2, 0.25) is 5.75 Å². The number of methoxy groups -OCH3 is 3. The van der Waals surface area contributed by atoms with Gasteiger partial charge >= 0.3 is 5.97 Å². The van der Waals surface area contributed by atoms with Crippen LogP contribution in [0.4, 0.5) is 0 Å². The molecule has 0 saturated carbocycles. The number of benzene rings is 3. The number of phenolic OH excluding ortho intramolecular Hbond substituents is 1. The van der Waals surface area contributed by atoms with Crippen LogP contribution < -0.4 is 18.9 Å². The van der Waals surface area contributed by atoms with E-state index in [2.05, 4.69) is 0 Å². The molecule has 3 aromatic carbocycles. The van der Waals surface area contributed by atoms with Crippen molar-refractivity contribution >= 4 is 17.7 Å². The van der Waals surface area contributed by atoms with E-state index in [4.69, 9.17) is 18.9 Å². The summed E-state index contributed by atoms with van der Waals surface area (Å²) >= 11 is 1.54. The summed E-state index contributed by atoms with van der Waals surface area (Å²) < 4.78 is 21.3. The fourth-order valence-corrected chi connectivity index (χ4v) is 3.41. The first kappa shape index (κ1) is 20.4. The molecule has 3 aromatic rings. The van der Waals surface area contributed by atoms with Crippen LogP contribution in [0, 0.1) is 0 Å². The number of aromatic hydroxyl groups is 1. The Hall–Kier alpha value is -3.32. The summed E-state index contributed by atoms with van der Waals surface area (Å²) in [5.74, 6) is 1.26. The highest BCUT2D eigenvalue weighted by Crippen LogP contribution is 2.38. The van der Waals surface area contributed by atoms with Crippen molar-refractivity contribution in [1.29, 1.82) is 0 Å². The molecule has 29 heavy (non-hydrogen) atoms. The standard InChI is InChI=1S/C22H20O6S/c1-25-19-12-14(13-20(26-2)21(19)27-3)22(24)28-16-6-10-18(11-7-16)29-17-8-4-15(23)5-9-17/h4-13,23H,1-3H3. The van der Waals surface area contributed by atoms with Gasteiger partial charge in [-0.1, -0.05) is 11.8 Å². The van der Waals surface area contributed by atoms with Crippen LogP contribution in [-0.4, -0.2) is 32.4 Å². The molecule has 7 heteroatoms. The molecule has 0 amide bonds. The lowest BCUT2D eigenvalue weighted by molar-refractivity contribution is 0.0733. The second-order valence-electron chi connectivity index (χ2n) is 5.87. The molecular weight excluding hydrogens is 392 g/mol. The van der Waals surface area contributed by atoms with E-state index >= 15 is 0 Å². The smallest absolute Gasteiger partial charge is 0.343 e. The molecule has 3 rings (SSSR count). The van der Waals surface area contributed by atoms with Gasteiger partial charge in [-0.05, 0) is 60.7 Å². The van der Waals surface area contributed by atoms with E-state index in [1.807, 2.05) is 24.3 Å². The first-order valence-electron chi connectivity index (χ1n) is 8.63. The van der Waals surface area contributed by atoms with Crippen molar-refractivity contribution in [1.82, 2.24) is 0 Å². The lowest BCUT2D eigenvalue weighted by Crippen LogP contribution is -2.09. The van der Waals surface area contributed by atoms with Crippen molar-refractivity contribution in [3.05, 3.63) is 66.2 Å². The zero-order chi connectivity index (χ0) is 20.8. The number of carbonyl (C=O) groups is 1. The maximum absolute atomic E-state index is 12.6. The van der Waals surface area contributed by atoms with Gasteiger partial charge in [0, 0.05) is 9.79 Å². The molecular formula is C22H20O6S. The van der Waals surface area contributed by atoms with Crippen LogP contribution in [-0.2, 0) is 0 Å². The van der Waals surface area contributed by atoms with Crippen LogP contribution >= 0.6 is 11.8 Å². The maximum Gasteiger partial charge on any atom is 0.343 e. The molecule has 6 nitrogen and oxygen atoms in total. The second kappa shape index (κ2) is 9.25. The van der Waals surface area contributed by atoms with Crippen molar-refractivity contribution in [2.24, 2.45) is 0 Å². The summed E-state index contributed by atoms with van der Waals surface area (Å²) in [6.07, 6.45) is 0. The monoisotopic (exact) mass is 412 g/mol. The van der Waals surface area contributed by atoms with Crippen molar-refractivity contribution in [3.8, 4) is 28.7 Å². The molecule has 150 valence electrons. The maximum atomic E-state index is 12.6. The normalized spacial score (nSPS) is 10.3. The van der Waals surface area contributed by atoms with Crippen LogP contribution in [0.2, 0.25) is 0 Å². The van der Waals surface area contributed by atoms with Crippen LogP contribution in [0.15, 0.2) is 70.5 Å². The average Bonchev–Trinajstić information content (AvgIpc) is 2.75. The van der Waals surface area contributed by atoms with Gasteiger partial charge in [-0.3, -0.25) is 0 Å². The lowest BCUT2D eigenvalue weighted by atomic mass is 10.2. The van der Waals surface area contributed by atoms with Gasteiger partial charge in [-0.2, -0.15) is 0 Å². The van der Waals surface area contributed by atoms with E-state index in [1.165, 1.54) is 33.1 Å². The molecule has 0 atom stereocenters. The fourth-order valence-electron chi connectivity index (χ4n) is 2.59. The highest BCUT2D eigenvalue weighted by atomic mass is 32.2. The minimum Gasteiger partial charge on any atom is -0.508 e. The first-order valence-corrected chi connectivity index (χ1v) is 9.45. The molecule has 0 unspecified atom stereocenters. The third kappa shape index (κ3) is 4.94. The Balaban J connectivity index is 1.73. The molecule has 1 N–H and O–H groups in total. The molecule has 0 radical (unpaired) electrons. The summed E-state index contributed by atoms with van der Waals surface area (Å²) in [6.45, 7) is 0. The number of hydrogen-bond acceptors (Lipinski definition) is 7. The van der Waals surface area contributed by atoms with Crippen LogP contribution in [0.1, 0.15) is 10.4 Å². The van der Waals surface area contributed by atoms with Crippen LogP contribution in [0.3, 0.4) is 0 Å². The Morgan fingerprint density at radius 2 is 1.31 bits per heavy atom. The summed E-state index contributed by atoms with van der Waals surface area (Å²) in [5, 5.41) is 9.35. The highest BCUT2D eigenvalue weighted by Gasteiger charge is 2.18. The highest BCUT2D eigenvalue weighted by molar-refractivity contribution is 7.99. The number of ether oxygens (including phenoxy) is 4. The van der Waals surface area contributed by atoms with E-state index in [0.29, 0.717) is 23.0 Å². The predicted octanol–water partition coefficient (Wildman–Crippen LogP) is 4.79. The van der Waals surface area contributed by atoms with Gasteiger partial charge in [0.05, 0.1) is 26.9 Å². The van der Waals surface area contributed by atoms with Gasteiger partial charge in [0.25, 0.3) is 0 Å². The molecule has 0 aliphatic rings. The molecule has 0 bridgehead atoms. The largest absolute Gasteiger partial charge is 0.508 e. The molecule has 0 saturated heterocycles.